The fourth-order valence-corrected chi connectivity index (χ4v) is 4.67. The van der Waals surface area contributed by atoms with Gasteiger partial charge >= 0.3 is 0 Å². The molecule has 10 heteroatoms. The summed E-state index contributed by atoms with van der Waals surface area (Å²) in [5, 5.41) is 4.65. The normalized spacial score (nSPS) is 16.3. The molecule has 1 amide bonds. The number of carbonyl (C=O) groups is 1. The molecule has 0 bridgehead atoms. The van der Waals surface area contributed by atoms with Gasteiger partial charge in [-0.25, -0.2) is 9.07 Å². The Morgan fingerprint density at radius 3 is 2.55 bits per heavy atom. The van der Waals surface area contributed by atoms with Crippen molar-refractivity contribution < 1.29 is 17.9 Å². The third kappa shape index (κ3) is 4.82. The zero-order valence-corrected chi connectivity index (χ0v) is 18.4. The van der Waals surface area contributed by atoms with Crippen LogP contribution in [-0.2, 0) is 15.9 Å². The lowest BCUT2D eigenvalue weighted by Crippen LogP contribution is -2.31. The average Bonchev–Trinajstić information content (AvgIpc) is 3.29. The zero-order chi connectivity index (χ0) is 22.0. The van der Waals surface area contributed by atoms with Crippen molar-refractivity contribution in [2.24, 2.45) is 0 Å². The van der Waals surface area contributed by atoms with Crippen LogP contribution < -0.4 is 0 Å². The number of thiocarbonyl (C=S) groups is 1. The van der Waals surface area contributed by atoms with Crippen molar-refractivity contribution in [2.75, 3.05) is 12.3 Å². The molecule has 31 heavy (non-hydrogen) atoms. The van der Waals surface area contributed by atoms with Gasteiger partial charge in [0.15, 0.2) is 0 Å². The minimum absolute atomic E-state index is 0.00616. The monoisotopic (exact) mass is 472 g/mol. The van der Waals surface area contributed by atoms with Crippen LogP contribution in [-0.4, -0.2) is 46.0 Å². The first-order valence-electron chi connectivity index (χ1n) is 9.14. The van der Waals surface area contributed by atoms with Crippen LogP contribution in [0.1, 0.15) is 5.56 Å². The fourth-order valence-electron chi connectivity index (χ4n) is 3.04. The molecule has 0 aliphatic carbocycles. The lowest BCUT2D eigenvalue weighted by atomic mass is 10.1. The van der Waals surface area contributed by atoms with Crippen molar-refractivity contribution in [3.8, 4) is 16.9 Å². The largest absolute Gasteiger partial charge is 0.772 e. The highest BCUT2D eigenvalue weighted by Crippen LogP contribution is 2.34. The summed E-state index contributed by atoms with van der Waals surface area (Å²) < 4.78 is 37.1. The van der Waals surface area contributed by atoms with E-state index in [-0.39, 0.29) is 24.0 Å². The van der Waals surface area contributed by atoms with E-state index < -0.39 is 11.1 Å². The Morgan fingerprint density at radius 1 is 1.16 bits per heavy atom. The Kier molecular flexibility index (Phi) is 6.42. The maximum atomic E-state index is 13.4. The first kappa shape index (κ1) is 21.6. The van der Waals surface area contributed by atoms with Gasteiger partial charge in [0.05, 0.1) is 16.3 Å². The van der Waals surface area contributed by atoms with Crippen molar-refractivity contribution in [3.63, 3.8) is 0 Å². The molecule has 1 aromatic heterocycles. The van der Waals surface area contributed by atoms with E-state index in [1.807, 2.05) is 30.3 Å². The van der Waals surface area contributed by atoms with Gasteiger partial charge < -0.3 is 4.55 Å². The summed E-state index contributed by atoms with van der Waals surface area (Å²) in [4.78, 5) is 14.4. The van der Waals surface area contributed by atoms with Crippen LogP contribution in [0.3, 0.4) is 0 Å². The van der Waals surface area contributed by atoms with E-state index in [2.05, 4.69) is 5.10 Å². The van der Waals surface area contributed by atoms with Gasteiger partial charge in [-0.15, -0.1) is 0 Å². The molecule has 1 saturated heterocycles. The minimum Gasteiger partial charge on any atom is -0.772 e. The number of hydrogen-bond donors (Lipinski definition) is 0. The Morgan fingerprint density at radius 2 is 1.87 bits per heavy atom. The average molecular weight is 473 g/mol. The summed E-state index contributed by atoms with van der Waals surface area (Å²) >= 11 is 4.09. The van der Waals surface area contributed by atoms with Crippen LogP contribution in [0.15, 0.2) is 65.7 Å². The second-order valence-electron chi connectivity index (χ2n) is 6.56. The molecule has 1 aliphatic heterocycles. The predicted molar refractivity (Wildman–Crippen MR) is 123 cm³/mol. The third-order valence-electron chi connectivity index (χ3n) is 4.52. The molecule has 4 rings (SSSR count). The van der Waals surface area contributed by atoms with Gasteiger partial charge in [-0.3, -0.25) is 13.9 Å². The second-order valence-corrected chi connectivity index (χ2v) is 9.25. The van der Waals surface area contributed by atoms with E-state index >= 15 is 0 Å². The summed E-state index contributed by atoms with van der Waals surface area (Å²) in [5.74, 6) is -0.894. The predicted octanol–water partition coefficient (Wildman–Crippen LogP) is 3.76. The molecule has 0 saturated carbocycles. The second kappa shape index (κ2) is 9.23. The van der Waals surface area contributed by atoms with Crippen LogP contribution in [0.2, 0.25) is 0 Å². The highest BCUT2D eigenvalue weighted by molar-refractivity contribution is 8.26. The van der Waals surface area contributed by atoms with Gasteiger partial charge in [0.2, 0.25) is 0 Å². The number of halogens is 1. The first-order valence-corrected chi connectivity index (χ1v) is 11.6. The Hall–Kier alpha value is -2.66. The molecular formula is C21H15FN3O3S3-. The van der Waals surface area contributed by atoms with Gasteiger partial charge in [0.25, 0.3) is 5.91 Å². The zero-order valence-electron chi connectivity index (χ0n) is 15.9. The van der Waals surface area contributed by atoms with Crippen molar-refractivity contribution in [1.82, 2.24) is 14.7 Å². The molecular weight excluding hydrogens is 457 g/mol. The molecule has 6 nitrogen and oxygen atoms in total. The molecule has 1 fully saturated rings. The number of hydrogen-bond acceptors (Lipinski definition) is 6. The fraction of sp³-hybridized carbons (Fsp3) is 0.0952. The lowest BCUT2D eigenvalue weighted by Gasteiger charge is -2.14. The number of amides is 1. The standard InChI is InChI=1S/C21H16FN3O3S3/c22-16-8-6-14(7-9-16)19-15(13-25(23-19)17-4-2-1-3-5-17)12-18-20(26)24(21(29)30-18)10-11-31(27)28/h1-9,12-13H,10-11H2,(H,27,28)/p-1/b18-12-. The number of nitrogens with zero attached hydrogens (tertiary/aromatic N) is 3. The quantitative estimate of drug-likeness (QED) is 0.309. The molecule has 1 unspecified atom stereocenters. The Balaban J connectivity index is 1.74. The topological polar surface area (TPSA) is 78.3 Å². The first-order chi connectivity index (χ1) is 14.9. The number of carbonyl (C=O) groups excluding carboxylic acids is 1. The lowest BCUT2D eigenvalue weighted by molar-refractivity contribution is -0.121. The molecule has 0 radical (unpaired) electrons. The van der Waals surface area contributed by atoms with E-state index in [4.69, 9.17) is 12.2 Å². The molecule has 158 valence electrons. The number of aromatic nitrogens is 2. The van der Waals surface area contributed by atoms with Crippen LogP contribution in [0.5, 0.6) is 0 Å². The van der Waals surface area contributed by atoms with Crippen molar-refractivity contribution in [1.29, 1.82) is 0 Å². The van der Waals surface area contributed by atoms with Crippen molar-refractivity contribution >= 4 is 51.4 Å². The van der Waals surface area contributed by atoms with Crippen LogP contribution in [0, 0.1) is 5.82 Å². The number of para-hydroxylation sites is 1. The molecule has 2 aromatic carbocycles. The van der Waals surface area contributed by atoms with E-state index in [9.17, 15) is 17.9 Å². The molecule has 0 spiro atoms. The van der Waals surface area contributed by atoms with Crippen LogP contribution in [0.4, 0.5) is 4.39 Å². The van der Waals surface area contributed by atoms with Crippen LogP contribution >= 0.6 is 24.0 Å². The molecule has 3 aromatic rings. The van der Waals surface area contributed by atoms with Gasteiger partial charge in [-0.1, -0.05) is 53.3 Å². The van der Waals surface area contributed by atoms with E-state index in [1.54, 1.807) is 29.1 Å². The SMILES string of the molecule is O=C1/C(=C/c2cn(-c3ccccc3)nc2-c2ccc(F)cc2)SC(=S)N1CCS(=O)[O-]. The van der Waals surface area contributed by atoms with E-state index in [0.717, 1.165) is 17.4 Å². The molecule has 2 heterocycles. The molecule has 1 aliphatic rings. The van der Waals surface area contributed by atoms with Gasteiger partial charge in [0, 0.05) is 29.6 Å². The third-order valence-corrected chi connectivity index (χ3v) is 6.42. The summed E-state index contributed by atoms with van der Waals surface area (Å²) in [5.41, 5.74) is 2.76. The van der Waals surface area contributed by atoms with Crippen LogP contribution in [0.25, 0.3) is 23.0 Å². The van der Waals surface area contributed by atoms with Gasteiger partial charge in [-0.2, -0.15) is 5.10 Å². The maximum Gasteiger partial charge on any atom is 0.266 e. The van der Waals surface area contributed by atoms with Crippen molar-refractivity contribution in [3.05, 3.63) is 77.1 Å². The highest BCUT2D eigenvalue weighted by atomic mass is 32.2. The number of benzene rings is 2. The van der Waals surface area contributed by atoms with Crippen molar-refractivity contribution in [2.45, 2.75) is 0 Å². The Labute approximate surface area is 190 Å². The molecule has 0 N–H and O–H groups in total. The summed E-state index contributed by atoms with van der Waals surface area (Å²) in [6.07, 6.45) is 3.46. The van der Waals surface area contributed by atoms with E-state index in [1.165, 1.54) is 17.0 Å². The maximum absolute atomic E-state index is 13.4. The Bertz CT molecular complexity index is 1190. The number of thioether (sulfide) groups is 1. The van der Waals surface area contributed by atoms with Gasteiger partial charge in [0.1, 0.15) is 10.1 Å². The summed E-state index contributed by atoms with van der Waals surface area (Å²) in [6, 6.07) is 15.4. The minimum atomic E-state index is -2.27. The smallest absolute Gasteiger partial charge is 0.266 e. The summed E-state index contributed by atoms with van der Waals surface area (Å²) in [6.45, 7) is 0.00616. The highest BCUT2D eigenvalue weighted by Gasteiger charge is 2.32. The van der Waals surface area contributed by atoms with Gasteiger partial charge in [-0.05, 0) is 42.5 Å². The van der Waals surface area contributed by atoms with E-state index in [0.29, 0.717) is 26.0 Å². The molecule has 1 atom stereocenters. The number of rotatable bonds is 6. The summed E-state index contributed by atoms with van der Waals surface area (Å²) in [7, 11) is 0.